The van der Waals surface area contributed by atoms with Crippen LogP contribution in [0.1, 0.15) is 21.5 Å². The standard InChI is InChI=1S/C24H14N10O2/c25-10-15-12-28-32-22(15)30-24(36)18-9-14-5-1-2-6-17(14)20(21(18)35)31-33-23-16(11-26)13-29-34(23)19-7-3-4-8-27-19/h1-9,12-13,35H,(H2,28,30,32,36)/b33-31+. The number of aromatic amines is 1. The van der Waals surface area contributed by atoms with Crippen LogP contribution in [0.2, 0.25) is 0 Å². The fourth-order valence-corrected chi connectivity index (χ4v) is 3.50. The van der Waals surface area contributed by atoms with Gasteiger partial charge >= 0.3 is 0 Å². The summed E-state index contributed by atoms with van der Waals surface area (Å²) >= 11 is 0. The van der Waals surface area contributed by atoms with Crippen molar-refractivity contribution in [3.63, 3.8) is 0 Å². The second kappa shape index (κ2) is 9.17. The number of aromatic nitrogens is 5. The third kappa shape index (κ3) is 3.87. The summed E-state index contributed by atoms with van der Waals surface area (Å²) in [6, 6.07) is 17.6. The molecule has 36 heavy (non-hydrogen) atoms. The van der Waals surface area contributed by atoms with Crippen LogP contribution in [0.25, 0.3) is 16.6 Å². The smallest absolute Gasteiger partial charge is 0.260 e. The van der Waals surface area contributed by atoms with E-state index in [-0.39, 0.29) is 34.0 Å². The zero-order chi connectivity index (χ0) is 25.1. The molecule has 0 saturated heterocycles. The number of phenols is 1. The number of carbonyl (C=O) groups excluding carboxylic acids is 1. The molecule has 0 bridgehead atoms. The molecule has 0 aliphatic rings. The zero-order valence-electron chi connectivity index (χ0n) is 18.3. The highest BCUT2D eigenvalue weighted by atomic mass is 16.3. The third-order valence-electron chi connectivity index (χ3n) is 5.21. The summed E-state index contributed by atoms with van der Waals surface area (Å²) in [6.07, 6.45) is 4.18. The molecule has 0 atom stereocenters. The third-order valence-corrected chi connectivity index (χ3v) is 5.21. The van der Waals surface area contributed by atoms with Crippen LogP contribution in [0, 0.1) is 22.7 Å². The van der Waals surface area contributed by atoms with Crippen LogP contribution >= 0.6 is 0 Å². The van der Waals surface area contributed by atoms with Crippen molar-refractivity contribution >= 4 is 34.0 Å². The number of phenolic OH excluding ortho intramolecular Hbond substituents is 1. The van der Waals surface area contributed by atoms with E-state index >= 15 is 0 Å². The van der Waals surface area contributed by atoms with Gasteiger partial charge in [0.25, 0.3) is 5.91 Å². The molecule has 2 aromatic carbocycles. The van der Waals surface area contributed by atoms with E-state index in [0.29, 0.717) is 16.6 Å². The van der Waals surface area contributed by atoms with Crippen molar-refractivity contribution < 1.29 is 9.90 Å². The Bertz CT molecular complexity index is 1720. The number of amides is 1. The van der Waals surface area contributed by atoms with Gasteiger partial charge in [-0.05, 0) is 23.6 Å². The molecule has 3 heterocycles. The molecular formula is C24H14N10O2. The zero-order valence-corrected chi connectivity index (χ0v) is 18.3. The van der Waals surface area contributed by atoms with Gasteiger partial charge < -0.3 is 10.4 Å². The van der Waals surface area contributed by atoms with Gasteiger partial charge in [0.2, 0.25) is 0 Å². The highest BCUT2D eigenvalue weighted by Crippen LogP contribution is 2.40. The molecule has 0 fully saturated rings. The molecule has 0 aliphatic carbocycles. The summed E-state index contributed by atoms with van der Waals surface area (Å²) in [4.78, 5) is 17.2. The van der Waals surface area contributed by atoms with Crippen LogP contribution in [-0.2, 0) is 0 Å². The Hall–Kier alpha value is -5.88. The van der Waals surface area contributed by atoms with Gasteiger partial charge in [0.1, 0.15) is 34.8 Å². The first-order valence-corrected chi connectivity index (χ1v) is 10.4. The van der Waals surface area contributed by atoms with Gasteiger partial charge in [-0.15, -0.1) is 10.2 Å². The maximum absolute atomic E-state index is 13.0. The Morgan fingerprint density at radius 2 is 1.86 bits per heavy atom. The lowest BCUT2D eigenvalue weighted by Gasteiger charge is -2.10. The number of fused-ring (bicyclic) bond motifs is 1. The molecule has 0 aliphatic heterocycles. The van der Waals surface area contributed by atoms with Crippen molar-refractivity contribution in [2.24, 2.45) is 10.2 Å². The number of hydrogen-bond acceptors (Lipinski definition) is 9. The minimum absolute atomic E-state index is 0.0148. The Labute approximate surface area is 202 Å². The maximum Gasteiger partial charge on any atom is 0.260 e. The van der Waals surface area contributed by atoms with Gasteiger partial charge in [-0.2, -0.15) is 25.4 Å². The number of H-pyrrole nitrogens is 1. The highest BCUT2D eigenvalue weighted by Gasteiger charge is 2.21. The summed E-state index contributed by atoms with van der Waals surface area (Å²) in [6.45, 7) is 0. The molecule has 12 nitrogen and oxygen atoms in total. The molecule has 3 aromatic heterocycles. The molecule has 1 amide bonds. The lowest BCUT2D eigenvalue weighted by Crippen LogP contribution is -2.13. The highest BCUT2D eigenvalue weighted by molar-refractivity contribution is 6.11. The van der Waals surface area contributed by atoms with Crippen molar-refractivity contribution in [2.75, 3.05) is 5.32 Å². The number of hydrogen-bond donors (Lipinski definition) is 3. The van der Waals surface area contributed by atoms with Gasteiger partial charge in [0.05, 0.1) is 18.0 Å². The maximum atomic E-state index is 13.0. The van der Waals surface area contributed by atoms with E-state index in [0.717, 1.165) is 0 Å². The van der Waals surface area contributed by atoms with E-state index in [1.807, 2.05) is 12.1 Å². The summed E-state index contributed by atoms with van der Waals surface area (Å²) in [5.74, 6) is -0.507. The van der Waals surface area contributed by atoms with E-state index in [2.05, 4.69) is 35.8 Å². The minimum Gasteiger partial charge on any atom is -0.505 e. The summed E-state index contributed by atoms with van der Waals surface area (Å²) < 4.78 is 1.35. The molecule has 12 heteroatoms. The number of nitrogens with zero attached hydrogens (tertiary/aromatic N) is 8. The lowest BCUT2D eigenvalue weighted by atomic mass is 10.0. The van der Waals surface area contributed by atoms with Crippen LogP contribution in [-0.4, -0.2) is 36.0 Å². The Morgan fingerprint density at radius 3 is 2.64 bits per heavy atom. The van der Waals surface area contributed by atoms with Crippen molar-refractivity contribution in [1.82, 2.24) is 25.0 Å². The Morgan fingerprint density at radius 1 is 1.06 bits per heavy atom. The number of azo groups is 1. The predicted molar refractivity (Wildman–Crippen MR) is 127 cm³/mol. The van der Waals surface area contributed by atoms with Crippen molar-refractivity contribution in [3.05, 3.63) is 83.8 Å². The van der Waals surface area contributed by atoms with E-state index < -0.39 is 11.7 Å². The van der Waals surface area contributed by atoms with E-state index in [1.165, 1.54) is 23.1 Å². The molecule has 0 spiro atoms. The molecule has 3 N–H and O–H groups in total. The number of carbonyl (C=O) groups is 1. The van der Waals surface area contributed by atoms with Crippen LogP contribution in [0.4, 0.5) is 17.3 Å². The van der Waals surface area contributed by atoms with Crippen LogP contribution in [0.5, 0.6) is 5.75 Å². The fraction of sp³-hybridized carbons (Fsp3) is 0. The van der Waals surface area contributed by atoms with Crippen LogP contribution in [0.15, 0.2) is 77.3 Å². The van der Waals surface area contributed by atoms with Gasteiger partial charge in [-0.3, -0.25) is 9.89 Å². The van der Waals surface area contributed by atoms with E-state index in [4.69, 9.17) is 5.26 Å². The van der Waals surface area contributed by atoms with Crippen molar-refractivity contribution in [2.45, 2.75) is 0 Å². The number of benzene rings is 2. The molecule has 172 valence electrons. The normalized spacial score (nSPS) is 10.8. The first-order chi connectivity index (χ1) is 17.6. The van der Waals surface area contributed by atoms with E-state index in [1.54, 1.807) is 48.7 Å². The molecule has 0 radical (unpaired) electrons. The molecule has 5 aromatic rings. The van der Waals surface area contributed by atoms with E-state index in [9.17, 15) is 15.2 Å². The topological polar surface area (TPSA) is 181 Å². The summed E-state index contributed by atoms with van der Waals surface area (Å²) in [5, 5.41) is 52.3. The molecule has 0 unspecified atom stereocenters. The number of aromatic hydroxyl groups is 1. The number of pyridine rings is 1. The number of rotatable bonds is 5. The average molecular weight is 474 g/mol. The Balaban J connectivity index is 1.62. The van der Waals surface area contributed by atoms with Gasteiger partial charge in [0.15, 0.2) is 17.4 Å². The lowest BCUT2D eigenvalue weighted by molar-refractivity contribution is 0.102. The first-order valence-electron chi connectivity index (χ1n) is 10.4. The number of nitrogens with one attached hydrogen (secondary N) is 2. The minimum atomic E-state index is -0.688. The van der Waals surface area contributed by atoms with Crippen molar-refractivity contribution in [3.8, 4) is 23.7 Å². The van der Waals surface area contributed by atoms with Gasteiger partial charge in [-0.25, -0.2) is 4.98 Å². The summed E-state index contributed by atoms with van der Waals surface area (Å²) in [7, 11) is 0. The number of anilines is 1. The van der Waals surface area contributed by atoms with Crippen LogP contribution in [0.3, 0.4) is 0 Å². The predicted octanol–water partition coefficient (Wildman–Crippen LogP) is 4.26. The number of nitriles is 2. The van der Waals surface area contributed by atoms with Gasteiger partial charge in [0, 0.05) is 11.6 Å². The monoisotopic (exact) mass is 474 g/mol. The van der Waals surface area contributed by atoms with Crippen molar-refractivity contribution in [1.29, 1.82) is 10.5 Å². The van der Waals surface area contributed by atoms with Crippen LogP contribution < -0.4 is 5.32 Å². The molecule has 0 saturated carbocycles. The average Bonchev–Trinajstić information content (AvgIpc) is 3.54. The second-order valence-corrected chi connectivity index (χ2v) is 7.36. The largest absolute Gasteiger partial charge is 0.505 e. The molecule has 5 rings (SSSR count). The molecular weight excluding hydrogens is 460 g/mol. The fourth-order valence-electron chi connectivity index (χ4n) is 3.50. The quantitative estimate of drug-likeness (QED) is 0.318. The Kier molecular flexibility index (Phi) is 5.59. The van der Waals surface area contributed by atoms with Gasteiger partial charge in [-0.1, -0.05) is 30.3 Å². The SMILES string of the molecule is N#Cc1cn[nH]c1NC(=O)c1cc2ccccc2c(/N=N/c2c(C#N)cnn2-c2ccccn2)c1O. The second-order valence-electron chi connectivity index (χ2n) is 7.36. The first kappa shape index (κ1) is 21.9. The summed E-state index contributed by atoms with van der Waals surface area (Å²) in [5.41, 5.74) is 0.196.